The van der Waals surface area contributed by atoms with Crippen molar-refractivity contribution in [2.75, 3.05) is 32.7 Å². The smallest absolute Gasteiger partial charge is 0.264 e. The molecule has 3 rings (SSSR count). The Balaban J connectivity index is 1.60. The Kier molecular flexibility index (Phi) is 4.10. The van der Waals surface area contributed by atoms with Crippen molar-refractivity contribution >= 4 is 17.2 Å². The quantitative estimate of drug-likeness (QED) is 0.920. The minimum atomic E-state index is -0.295. The molecule has 1 aliphatic carbocycles. The summed E-state index contributed by atoms with van der Waals surface area (Å²) in [5.74, 6) is 0.843. The molecule has 1 aliphatic heterocycles. The molecule has 20 heavy (non-hydrogen) atoms. The Morgan fingerprint density at radius 1 is 1.40 bits per heavy atom. The molecule has 1 atom stereocenters. The molecule has 4 nitrogen and oxygen atoms in total. The lowest BCUT2D eigenvalue weighted by atomic mass is 10.1. The monoisotopic (exact) mass is 294 g/mol. The van der Waals surface area contributed by atoms with Crippen LogP contribution in [0.15, 0.2) is 11.4 Å². The molecule has 2 heterocycles. The fourth-order valence-electron chi connectivity index (χ4n) is 2.86. The first-order chi connectivity index (χ1) is 9.65. The minimum Gasteiger partial charge on any atom is -0.392 e. The maximum absolute atomic E-state index is 12.6. The lowest BCUT2D eigenvalue weighted by Gasteiger charge is -2.35. The van der Waals surface area contributed by atoms with E-state index in [0.717, 1.165) is 31.1 Å². The molecular weight excluding hydrogens is 272 g/mol. The average molecular weight is 294 g/mol. The van der Waals surface area contributed by atoms with Crippen LogP contribution in [0.2, 0.25) is 0 Å². The summed E-state index contributed by atoms with van der Waals surface area (Å²) in [6, 6.07) is 2.12. The van der Waals surface area contributed by atoms with Gasteiger partial charge in [0.1, 0.15) is 0 Å². The number of aliphatic hydroxyl groups is 1. The molecule has 1 saturated heterocycles. The summed E-state index contributed by atoms with van der Waals surface area (Å²) < 4.78 is 0. The second-order valence-electron chi connectivity index (χ2n) is 5.92. The number of nitrogens with zero attached hydrogens (tertiary/aromatic N) is 2. The molecule has 0 radical (unpaired) electrons. The zero-order valence-corrected chi connectivity index (χ0v) is 12.7. The van der Waals surface area contributed by atoms with Crippen molar-refractivity contribution in [3.05, 3.63) is 21.9 Å². The molecule has 0 spiro atoms. The van der Waals surface area contributed by atoms with Gasteiger partial charge in [-0.15, -0.1) is 11.3 Å². The largest absolute Gasteiger partial charge is 0.392 e. The fraction of sp³-hybridized carbons (Fsp3) is 0.667. The first-order valence-electron chi connectivity index (χ1n) is 7.42. The van der Waals surface area contributed by atoms with E-state index in [1.165, 1.54) is 18.4 Å². The topological polar surface area (TPSA) is 43.8 Å². The number of amides is 1. The van der Waals surface area contributed by atoms with Gasteiger partial charge in [0.25, 0.3) is 5.91 Å². The molecule has 2 fully saturated rings. The molecule has 5 heteroatoms. The molecule has 1 saturated carbocycles. The normalized spacial score (nSPS) is 22.0. The Morgan fingerprint density at radius 3 is 2.70 bits per heavy atom. The van der Waals surface area contributed by atoms with E-state index in [0.29, 0.717) is 12.5 Å². The zero-order chi connectivity index (χ0) is 14.1. The van der Waals surface area contributed by atoms with Gasteiger partial charge < -0.3 is 10.0 Å². The van der Waals surface area contributed by atoms with Crippen molar-refractivity contribution in [3.8, 4) is 0 Å². The van der Waals surface area contributed by atoms with Gasteiger partial charge in [-0.2, -0.15) is 0 Å². The Morgan fingerprint density at radius 2 is 2.10 bits per heavy atom. The third-order valence-electron chi connectivity index (χ3n) is 4.09. The van der Waals surface area contributed by atoms with Crippen molar-refractivity contribution in [1.82, 2.24) is 9.80 Å². The predicted molar refractivity (Wildman–Crippen MR) is 80.3 cm³/mol. The van der Waals surface area contributed by atoms with Gasteiger partial charge in [0.2, 0.25) is 0 Å². The van der Waals surface area contributed by atoms with Crippen LogP contribution in [0, 0.1) is 0 Å². The highest BCUT2D eigenvalue weighted by Crippen LogP contribution is 2.43. The van der Waals surface area contributed by atoms with Crippen LogP contribution in [0.3, 0.4) is 0 Å². The number of aliphatic hydroxyl groups excluding tert-OH is 1. The second-order valence-corrected chi connectivity index (χ2v) is 6.84. The lowest BCUT2D eigenvalue weighted by molar-refractivity contribution is 0.0557. The zero-order valence-electron chi connectivity index (χ0n) is 11.9. The number of hydrogen-bond acceptors (Lipinski definition) is 4. The number of hydrogen-bond donors (Lipinski definition) is 1. The van der Waals surface area contributed by atoms with E-state index in [-0.39, 0.29) is 12.0 Å². The van der Waals surface area contributed by atoms with E-state index in [9.17, 15) is 9.90 Å². The van der Waals surface area contributed by atoms with E-state index in [1.807, 2.05) is 17.2 Å². The minimum absolute atomic E-state index is 0.207. The Hall–Kier alpha value is -0.910. The maximum Gasteiger partial charge on any atom is 0.264 e. The van der Waals surface area contributed by atoms with Gasteiger partial charge in [-0.3, -0.25) is 9.69 Å². The van der Waals surface area contributed by atoms with E-state index in [1.54, 1.807) is 11.3 Å². The van der Waals surface area contributed by atoms with E-state index in [4.69, 9.17) is 0 Å². The highest BCUT2D eigenvalue weighted by molar-refractivity contribution is 7.12. The van der Waals surface area contributed by atoms with Crippen molar-refractivity contribution in [3.63, 3.8) is 0 Å². The van der Waals surface area contributed by atoms with Crippen LogP contribution in [-0.2, 0) is 0 Å². The molecule has 2 aliphatic rings. The Bertz CT molecular complexity index is 474. The molecule has 110 valence electrons. The first kappa shape index (κ1) is 14.0. The number of carbonyl (C=O) groups excluding carboxylic acids is 1. The van der Waals surface area contributed by atoms with Crippen molar-refractivity contribution in [1.29, 1.82) is 0 Å². The van der Waals surface area contributed by atoms with E-state index in [2.05, 4.69) is 11.0 Å². The molecule has 0 bridgehead atoms. The third kappa shape index (κ3) is 3.05. The molecule has 0 unspecified atom stereocenters. The van der Waals surface area contributed by atoms with Crippen LogP contribution in [0.5, 0.6) is 0 Å². The number of piperazine rings is 1. The van der Waals surface area contributed by atoms with Gasteiger partial charge >= 0.3 is 0 Å². The van der Waals surface area contributed by atoms with Gasteiger partial charge in [-0.25, -0.2) is 0 Å². The number of carbonyl (C=O) groups is 1. The second kappa shape index (κ2) is 5.84. The number of β-amino-alcohol motifs (C(OH)–C–C–N with tert-alkyl or cyclic N) is 1. The molecule has 0 aromatic carbocycles. The van der Waals surface area contributed by atoms with Crippen molar-refractivity contribution in [2.24, 2.45) is 0 Å². The van der Waals surface area contributed by atoms with Crippen LogP contribution in [0.25, 0.3) is 0 Å². The summed E-state index contributed by atoms with van der Waals surface area (Å²) in [5, 5.41) is 11.5. The molecule has 1 N–H and O–H groups in total. The van der Waals surface area contributed by atoms with Crippen LogP contribution < -0.4 is 0 Å². The Labute approximate surface area is 124 Å². The number of thiophene rings is 1. The van der Waals surface area contributed by atoms with E-state index >= 15 is 0 Å². The summed E-state index contributed by atoms with van der Waals surface area (Å²) in [7, 11) is 0. The van der Waals surface area contributed by atoms with Gasteiger partial charge in [0.05, 0.1) is 11.0 Å². The van der Waals surface area contributed by atoms with Crippen molar-refractivity contribution in [2.45, 2.75) is 31.8 Å². The van der Waals surface area contributed by atoms with Gasteiger partial charge in [-0.1, -0.05) is 0 Å². The summed E-state index contributed by atoms with van der Waals surface area (Å²) in [6.45, 7) is 5.78. The van der Waals surface area contributed by atoms with Gasteiger partial charge in [-0.05, 0) is 42.7 Å². The molecule has 1 aromatic rings. The molecule has 1 aromatic heterocycles. The molecule has 1 amide bonds. The summed E-state index contributed by atoms with van der Waals surface area (Å²) in [4.78, 5) is 17.8. The highest BCUT2D eigenvalue weighted by Gasteiger charge is 2.31. The maximum atomic E-state index is 12.6. The van der Waals surface area contributed by atoms with Crippen LogP contribution in [-0.4, -0.2) is 59.6 Å². The van der Waals surface area contributed by atoms with E-state index < -0.39 is 0 Å². The third-order valence-corrected chi connectivity index (χ3v) is 5.01. The van der Waals surface area contributed by atoms with Crippen LogP contribution >= 0.6 is 11.3 Å². The van der Waals surface area contributed by atoms with Gasteiger partial charge in [0.15, 0.2) is 0 Å². The lowest BCUT2D eigenvalue weighted by Crippen LogP contribution is -2.50. The summed E-state index contributed by atoms with van der Waals surface area (Å²) in [6.07, 6.45) is 2.18. The van der Waals surface area contributed by atoms with Gasteiger partial charge in [0, 0.05) is 32.7 Å². The standard InChI is InChI=1S/C15H22N2O2S/c1-11(18)10-16-5-7-17(8-6-16)15(19)14-13(4-9-20-14)12-2-3-12/h4,9,11-12,18H,2-3,5-8,10H2,1H3/t11-/m0/s1. The summed E-state index contributed by atoms with van der Waals surface area (Å²) >= 11 is 1.59. The van der Waals surface area contributed by atoms with Crippen LogP contribution in [0.4, 0.5) is 0 Å². The summed E-state index contributed by atoms with van der Waals surface area (Å²) in [5.41, 5.74) is 1.27. The average Bonchev–Trinajstić information content (AvgIpc) is 3.16. The fourth-order valence-corrected chi connectivity index (χ4v) is 3.81. The highest BCUT2D eigenvalue weighted by atomic mass is 32.1. The SMILES string of the molecule is C[C@H](O)CN1CCN(C(=O)c2sccc2C2CC2)CC1. The van der Waals surface area contributed by atoms with Crippen LogP contribution in [0.1, 0.15) is 40.9 Å². The number of rotatable bonds is 4. The van der Waals surface area contributed by atoms with Crippen molar-refractivity contribution < 1.29 is 9.90 Å². The predicted octanol–water partition coefficient (Wildman–Crippen LogP) is 1.76. The first-order valence-corrected chi connectivity index (χ1v) is 8.30. The molecular formula is C15H22N2O2S.